The first-order chi connectivity index (χ1) is 13.0. The van der Waals surface area contributed by atoms with Crippen LogP contribution in [0.3, 0.4) is 0 Å². The Kier molecular flexibility index (Phi) is 8.98. The van der Waals surface area contributed by atoms with Gasteiger partial charge in [0.15, 0.2) is 5.76 Å². The molecule has 2 fully saturated rings. The van der Waals surface area contributed by atoms with E-state index in [0.29, 0.717) is 17.9 Å². The van der Waals surface area contributed by atoms with Gasteiger partial charge in [-0.1, -0.05) is 64.2 Å². The lowest BCUT2D eigenvalue weighted by Gasteiger charge is -2.34. The normalized spacial score (nSPS) is 31.5. The van der Waals surface area contributed by atoms with Gasteiger partial charge in [-0.15, -0.1) is 0 Å². The molecule has 0 aromatic carbocycles. The molecule has 0 aromatic rings. The fourth-order valence-electron chi connectivity index (χ4n) is 4.34. The first-order valence-electron chi connectivity index (χ1n) is 10.7. The minimum atomic E-state index is -3.29. The van der Waals surface area contributed by atoms with Crippen molar-refractivity contribution in [3.8, 4) is 0 Å². The third-order valence-corrected chi connectivity index (χ3v) is 6.03. The summed E-state index contributed by atoms with van der Waals surface area (Å²) in [6.07, 6.45) is 13.4. The van der Waals surface area contributed by atoms with Gasteiger partial charge < -0.3 is 4.74 Å². The molecule has 1 heterocycles. The predicted octanol–water partition coefficient (Wildman–Crippen LogP) is 8.10. The van der Waals surface area contributed by atoms with Crippen molar-refractivity contribution in [2.75, 3.05) is 0 Å². The van der Waals surface area contributed by atoms with E-state index in [1.54, 1.807) is 6.08 Å². The number of rotatable bonds is 8. The Morgan fingerprint density at radius 2 is 1.78 bits per heavy atom. The van der Waals surface area contributed by atoms with Crippen LogP contribution in [0.1, 0.15) is 84.5 Å². The summed E-state index contributed by atoms with van der Waals surface area (Å²) in [6.45, 7) is 4.28. The molecule has 1 saturated carbocycles. The molecule has 0 N–H and O–H groups in total. The lowest BCUT2D eigenvalue weighted by molar-refractivity contribution is -0.259. The topological polar surface area (TPSA) is 9.23 Å². The molecule has 0 amide bonds. The molecule has 154 valence electrons. The van der Waals surface area contributed by atoms with Crippen LogP contribution in [-0.2, 0) is 4.74 Å². The Bertz CT molecular complexity index is 528. The number of hydrogen-bond acceptors (Lipinski definition) is 1. The Morgan fingerprint density at radius 3 is 2.41 bits per heavy atom. The summed E-state index contributed by atoms with van der Waals surface area (Å²) in [5.41, 5.74) is 0.542. The number of hydrogen-bond donors (Lipinski definition) is 0. The Hall–Kier alpha value is -1.19. The Balaban J connectivity index is 1.95. The quantitative estimate of drug-likeness (QED) is 0.384. The molecule has 1 nitrogen and oxygen atoms in total. The summed E-state index contributed by atoms with van der Waals surface area (Å²) in [6, 6.07) is 0. The van der Waals surface area contributed by atoms with Crippen LogP contribution in [0.2, 0.25) is 0 Å². The summed E-state index contributed by atoms with van der Waals surface area (Å²) < 4.78 is 46.1. The van der Waals surface area contributed by atoms with E-state index < -0.39 is 12.0 Å². The molecule has 27 heavy (non-hydrogen) atoms. The molecule has 2 aliphatic rings. The minimum Gasteiger partial charge on any atom is -0.430 e. The fraction of sp³-hybridized carbons (Fsp3) is 0.739. The van der Waals surface area contributed by atoms with Gasteiger partial charge in [0.1, 0.15) is 6.33 Å². The summed E-state index contributed by atoms with van der Waals surface area (Å²) in [7, 11) is 0. The van der Waals surface area contributed by atoms with E-state index in [4.69, 9.17) is 4.74 Å². The van der Waals surface area contributed by atoms with E-state index in [0.717, 1.165) is 25.2 Å². The molecule has 1 aliphatic heterocycles. The van der Waals surface area contributed by atoms with Gasteiger partial charge in [-0.05, 0) is 55.9 Å². The van der Waals surface area contributed by atoms with Gasteiger partial charge in [0.25, 0.3) is 0 Å². The largest absolute Gasteiger partial charge is 0.430 e. The van der Waals surface area contributed by atoms with Crippen molar-refractivity contribution in [1.82, 2.24) is 0 Å². The fourth-order valence-corrected chi connectivity index (χ4v) is 4.34. The summed E-state index contributed by atoms with van der Waals surface area (Å²) >= 11 is 0. The molecule has 1 aliphatic carbocycles. The molecule has 1 saturated heterocycles. The van der Waals surface area contributed by atoms with Gasteiger partial charge in [0.2, 0.25) is 0 Å². The lowest BCUT2D eigenvalue weighted by atomic mass is 9.80. The number of ether oxygens (including phenoxy) is 1. The van der Waals surface area contributed by atoms with E-state index in [9.17, 15) is 13.2 Å². The first kappa shape index (κ1) is 22.1. The van der Waals surface area contributed by atoms with Crippen LogP contribution in [0.4, 0.5) is 13.2 Å². The maximum absolute atomic E-state index is 14.1. The molecule has 0 aromatic heterocycles. The third kappa shape index (κ3) is 6.73. The van der Waals surface area contributed by atoms with Crippen molar-refractivity contribution in [3.63, 3.8) is 0 Å². The summed E-state index contributed by atoms with van der Waals surface area (Å²) in [5, 5.41) is 0. The number of alkyl halides is 2. The average Bonchev–Trinajstić information content (AvgIpc) is 2.65. The highest BCUT2D eigenvalue weighted by molar-refractivity contribution is 5.31. The SMILES string of the molecule is CCCCCC1CC(=C/C=C/C2CCC(CCC)CC2)/C(=C/F)OC1(F)F. The van der Waals surface area contributed by atoms with Crippen LogP contribution in [-0.4, -0.2) is 6.11 Å². The number of halogens is 3. The van der Waals surface area contributed by atoms with Crippen LogP contribution in [0.5, 0.6) is 0 Å². The highest BCUT2D eigenvalue weighted by atomic mass is 19.3. The highest BCUT2D eigenvalue weighted by Crippen LogP contribution is 2.44. The molecule has 1 unspecified atom stereocenters. The zero-order valence-electron chi connectivity index (χ0n) is 16.9. The van der Waals surface area contributed by atoms with Crippen molar-refractivity contribution in [2.24, 2.45) is 17.8 Å². The molecule has 0 bridgehead atoms. The van der Waals surface area contributed by atoms with Crippen molar-refractivity contribution in [2.45, 2.75) is 90.6 Å². The van der Waals surface area contributed by atoms with Crippen molar-refractivity contribution in [1.29, 1.82) is 0 Å². The number of unbranched alkanes of at least 4 members (excludes halogenated alkanes) is 2. The van der Waals surface area contributed by atoms with E-state index in [1.165, 1.54) is 38.5 Å². The Morgan fingerprint density at radius 1 is 1.04 bits per heavy atom. The molecule has 2 rings (SSSR count). The second-order valence-corrected chi connectivity index (χ2v) is 8.18. The maximum atomic E-state index is 14.1. The smallest absolute Gasteiger partial charge is 0.401 e. The highest BCUT2D eigenvalue weighted by Gasteiger charge is 2.47. The van der Waals surface area contributed by atoms with Crippen LogP contribution in [0.15, 0.2) is 35.9 Å². The van der Waals surface area contributed by atoms with Crippen molar-refractivity contribution in [3.05, 3.63) is 35.9 Å². The van der Waals surface area contributed by atoms with Gasteiger partial charge >= 0.3 is 6.11 Å². The summed E-state index contributed by atoms with van der Waals surface area (Å²) in [5.74, 6) is 0.205. The van der Waals surface area contributed by atoms with Gasteiger partial charge in [0.05, 0.1) is 5.92 Å². The minimum absolute atomic E-state index is 0.167. The van der Waals surface area contributed by atoms with Gasteiger partial charge in [-0.3, -0.25) is 0 Å². The molecule has 0 radical (unpaired) electrons. The molecular weight excluding hydrogens is 349 g/mol. The Labute approximate surface area is 162 Å². The monoisotopic (exact) mass is 384 g/mol. The van der Waals surface area contributed by atoms with Gasteiger partial charge in [-0.25, -0.2) is 4.39 Å². The van der Waals surface area contributed by atoms with Crippen molar-refractivity contribution < 1.29 is 17.9 Å². The van der Waals surface area contributed by atoms with Crippen LogP contribution < -0.4 is 0 Å². The molecule has 4 heteroatoms. The second kappa shape index (κ2) is 11.0. The first-order valence-corrected chi connectivity index (χ1v) is 10.7. The van der Waals surface area contributed by atoms with E-state index >= 15 is 0 Å². The van der Waals surface area contributed by atoms with Crippen LogP contribution in [0, 0.1) is 17.8 Å². The second-order valence-electron chi connectivity index (χ2n) is 8.18. The standard InChI is InChI=1S/C23H35F3O/c1-3-5-6-11-21-16-20(22(17-24)27-23(21,25)26)10-7-9-19-14-12-18(8-4-2)13-15-19/h7,9-10,17-19,21H,3-6,8,11-16H2,1-2H3/b9-7+,20-10-,22-17-. The molecular formula is C23H35F3O. The molecule has 0 spiro atoms. The lowest BCUT2D eigenvalue weighted by Crippen LogP contribution is -2.36. The summed E-state index contributed by atoms with van der Waals surface area (Å²) in [4.78, 5) is 0. The zero-order valence-corrected chi connectivity index (χ0v) is 16.9. The van der Waals surface area contributed by atoms with E-state index in [1.807, 2.05) is 13.0 Å². The zero-order chi connectivity index (χ0) is 19.7. The van der Waals surface area contributed by atoms with Gasteiger partial charge in [0, 0.05) is 0 Å². The molecule has 1 atom stereocenters. The van der Waals surface area contributed by atoms with Crippen LogP contribution in [0.25, 0.3) is 0 Å². The maximum Gasteiger partial charge on any atom is 0.401 e. The third-order valence-electron chi connectivity index (χ3n) is 6.03. The average molecular weight is 385 g/mol. The van der Waals surface area contributed by atoms with Crippen molar-refractivity contribution >= 4 is 0 Å². The predicted molar refractivity (Wildman–Crippen MR) is 105 cm³/mol. The van der Waals surface area contributed by atoms with E-state index in [-0.39, 0.29) is 18.5 Å². The number of allylic oxidation sites excluding steroid dienone is 4. The van der Waals surface area contributed by atoms with Gasteiger partial charge in [-0.2, -0.15) is 8.78 Å². The van der Waals surface area contributed by atoms with Crippen LogP contribution >= 0.6 is 0 Å². The van der Waals surface area contributed by atoms with E-state index in [2.05, 4.69) is 13.0 Å².